The van der Waals surface area contributed by atoms with Gasteiger partial charge in [0, 0.05) is 19.1 Å². The van der Waals surface area contributed by atoms with E-state index in [1.165, 1.54) is 0 Å². The normalized spacial score (nSPS) is 33.2. The molecule has 3 heteroatoms. The van der Waals surface area contributed by atoms with Crippen molar-refractivity contribution in [2.45, 2.75) is 19.4 Å². The largest absolute Gasteiger partial charge is 0.327 e. The Balaban J connectivity index is 2.35. The maximum absolute atomic E-state index is 8.45. The summed E-state index contributed by atoms with van der Waals surface area (Å²) in [7, 11) is 0. The third kappa shape index (κ3) is 2.18. The first-order valence-corrected chi connectivity index (χ1v) is 4.09. The highest BCUT2D eigenvalue weighted by atomic mass is 15.1. The average molecular weight is 153 g/mol. The Morgan fingerprint density at radius 3 is 3.00 bits per heavy atom. The van der Waals surface area contributed by atoms with Gasteiger partial charge in [0.05, 0.1) is 12.6 Å². The average Bonchev–Trinajstić information content (AvgIpc) is 1.98. The van der Waals surface area contributed by atoms with Crippen LogP contribution in [0, 0.1) is 17.2 Å². The van der Waals surface area contributed by atoms with Gasteiger partial charge in [-0.25, -0.2) is 0 Å². The molecule has 0 aromatic heterocycles. The van der Waals surface area contributed by atoms with E-state index in [2.05, 4.69) is 17.9 Å². The molecule has 2 atom stereocenters. The lowest BCUT2D eigenvalue weighted by molar-refractivity contribution is 0.181. The van der Waals surface area contributed by atoms with Crippen LogP contribution in [-0.2, 0) is 0 Å². The molecule has 0 aromatic rings. The molecule has 1 fully saturated rings. The van der Waals surface area contributed by atoms with Crippen LogP contribution in [0.2, 0.25) is 0 Å². The van der Waals surface area contributed by atoms with Crippen molar-refractivity contribution >= 4 is 0 Å². The van der Waals surface area contributed by atoms with Crippen molar-refractivity contribution in [3.63, 3.8) is 0 Å². The van der Waals surface area contributed by atoms with Crippen LogP contribution >= 0.6 is 0 Å². The Labute approximate surface area is 67.8 Å². The Morgan fingerprint density at radius 2 is 2.45 bits per heavy atom. The molecule has 1 saturated heterocycles. The van der Waals surface area contributed by atoms with Crippen LogP contribution in [0.25, 0.3) is 0 Å². The molecular formula is C8H15N3. The summed E-state index contributed by atoms with van der Waals surface area (Å²) in [5.74, 6) is 0.539. The number of nitrogens with two attached hydrogens (primary N) is 1. The predicted octanol–water partition coefficient (Wildman–Crippen LogP) is 0.179. The Hall–Kier alpha value is -0.590. The van der Waals surface area contributed by atoms with Crippen LogP contribution in [0.4, 0.5) is 0 Å². The third-order valence-electron chi connectivity index (χ3n) is 2.35. The molecule has 1 heterocycles. The first kappa shape index (κ1) is 8.51. The van der Waals surface area contributed by atoms with E-state index in [-0.39, 0.29) is 0 Å². The summed E-state index contributed by atoms with van der Waals surface area (Å²) in [5, 5.41) is 8.45. The van der Waals surface area contributed by atoms with E-state index in [9.17, 15) is 0 Å². The monoisotopic (exact) mass is 153 g/mol. The minimum absolute atomic E-state index is 0.338. The van der Waals surface area contributed by atoms with Crippen molar-refractivity contribution in [1.82, 2.24) is 4.90 Å². The highest BCUT2D eigenvalue weighted by molar-refractivity contribution is 4.85. The predicted molar refractivity (Wildman–Crippen MR) is 43.8 cm³/mol. The molecule has 0 bridgehead atoms. The zero-order valence-corrected chi connectivity index (χ0v) is 6.95. The topological polar surface area (TPSA) is 53.0 Å². The van der Waals surface area contributed by atoms with Crippen molar-refractivity contribution in [1.29, 1.82) is 5.26 Å². The number of nitrogens with zero attached hydrogens (tertiary/aromatic N) is 2. The number of rotatable bonds is 1. The number of piperidine rings is 1. The molecule has 1 rings (SSSR count). The molecule has 1 aliphatic rings. The van der Waals surface area contributed by atoms with Crippen LogP contribution in [0.15, 0.2) is 0 Å². The Kier molecular flexibility index (Phi) is 2.86. The fourth-order valence-electron chi connectivity index (χ4n) is 1.49. The van der Waals surface area contributed by atoms with Gasteiger partial charge in [0.2, 0.25) is 0 Å². The lowest BCUT2D eigenvalue weighted by Crippen LogP contribution is -2.45. The molecular weight excluding hydrogens is 138 g/mol. The highest BCUT2D eigenvalue weighted by Gasteiger charge is 2.22. The van der Waals surface area contributed by atoms with Gasteiger partial charge in [0.15, 0.2) is 0 Å². The summed E-state index contributed by atoms with van der Waals surface area (Å²) in [4.78, 5) is 2.16. The minimum atomic E-state index is 0.338. The molecule has 2 N–H and O–H groups in total. The molecule has 0 amide bonds. The van der Waals surface area contributed by atoms with Crippen molar-refractivity contribution in [2.75, 3.05) is 19.6 Å². The quantitative estimate of drug-likeness (QED) is 0.547. The van der Waals surface area contributed by atoms with E-state index in [0.29, 0.717) is 18.5 Å². The minimum Gasteiger partial charge on any atom is -0.327 e. The number of nitriles is 1. The van der Waals surface area contributed by atoms with Crippen LogP contribution in [0.5, 0.6) is 0 Å². The molecule has 11 heavy (non-hydrogen) atoms. The summed E-state index contributed by atoms with van der Waals surface area (Å²) < 4.78 is 0. The van der Waals surface area contributed by atoms with Gasteiger partial charge in [-0.3, -0.25) is 4.90 Å². The number of hydrogen-bond donors (Lipinski definition) is 1. The van der Waals surface area contributed by atoms with E-state index in [0.717, 1.165) is 19.5 Å². The lowest BCUT2D eigenvalue weighted by atomic mass is 9.95. The van der Waals surface area contributed by atoms with Gasteiger partial charge in [-0.1, -0.05) is 6.92 Å². The molecule has 62 valence electrons. The second kappa shape index (κ2) is 3.70. The van der Waals surface area contributed by atoms with Gasteiger partial charge in [-0.15, -0.1) is 0 Å². The van der Waals surface area contributed by atoms with Gasteiger partial charge in [-0.05, 0) is 12.3 Å². The van der Waals surface area contributed by atoms with Gasteiger partial charge in [0.25, 0.3) is 0 Å². The maximum Gasteiger partial charge on any atom is 0.0866 e. The van der Waals surface area contributed by atoms with Crippen molar-refractivity contribution < 1.29 is 0 Å². The van der Waals surface area contributed by atoms with Gasteiger partial charge >= 0.3 is 0 Å². The molecule has 3 nitrogen and oxygen atoms in total. The van der Waals surface area contributed by atoms with E-state index in [1.807, 2.05) is 0 Å². The molecule has 2 unspecified atom stereocenters. The van der Waals surface area contributed by atoms with Crippen molar-refractivity contribution in [3.05, 3.63) is 0 Å². The molecule has 0 saturated carbocycles. The Morgan fingerprint density at radius 1 is 1.73 bits per heavy atom. The van der Waals surface area contributed by atoms with Crippen LogP contribution < -0.4 is 5.73 Å². The smallest absolute Gasteiger partial charge is 0.0866 e. The maximum atomic E-state index is 8.45. The highest BCUT2D eigenvalue weighted by Crippen LogP contribution is 2.13. The fraction of sp³-hybridized carbons (Fsp3) is 0.875. The lowest BCUT2D eigenvalue weighted by Gasteiger charge is -2.33. The van der Waals surface area contributed by atoms with E-state index < -0.39 is 0 Å². The summed E-state index contributed by atoms with van der Waals surface area (Å²) in [6.45, 7) is 4.67. The molecule has 0 radical (unpaired) electrons. The van der Waals surface area contributed by atoms with Crippen LogP contribution in [-0.4, -0.2) is 30.6 Å². The van der Waals surface area contributed by atoms with Gasteiger partial charge in [-0.2, -0.15) is 5.26 Å². The molecule has 0 aliphatic carbocycles. The second-order valence-corrected chi connectivity index (χ2v) is 3.32. The molecule has 0 spiro atoms. The van der Waals surface area contributed by atoms with Crippen LogP contribution in [0.1, 0.15) is 13.3 Å². The Bertz CT molecular complexity index is 161. The van der Waals surface area contributed by atoms with Crippen molar-refractivity contribution in [3.8, 4) is 6.07 Å². The van der Waals surface area contributed by atoms with E-state index in [4.69, 9.17) is 11.0 Å². The molecule has 0 aromatic carbocycles. The van der Waals surface area contributed by atoms with E-state index >= 15 is 0 Å². The standard InChI is InChI=1S/C8H15N3/c1-7-6-11(5-3-9)4-2-8(7)10/h7-8H,2,4-6,10H2,1H3. The zero-order valence-electron chi connectivity index (χ0n) is 6.95. The summed E-state index contributed by atoms with van der Waals surface area (Å²) in [5.41, 5.74) is 5.83. The first-order valence-electron chi connectivity index (χ1n) is 4.09. The van der Waals surface area contributed by atoms with E-state index in [1.54, 1.807) is 0 Å². The van der Waals surface area contributed by atoms with Gasteiger partial charge in [0.1, 0.15) is 0 Å². The number of hydrogen-bond acceptors (Lipinski definition) is 3. The molecule has 1 aliphatic heterocycles. The summed E-state index contributed by atoms with van der Waals surface area (Å²) in [6.07, 6.45) is 1.03. The summed E-state index contributed by atoms with van der Waals surface area (Å²) in [6, 6.07) is 2.50. The van der Waals surface area contributed by atoms with Crippen molar-refractivity contribution in [2.24, 2.45) is 11.7 Å². The SMILES string of the molecule is CC1CN(CC#N)CCC1N. The zero-order chi connectivity index (χ0) is 8.27. The summed E-state index contributed by atoms with van der Waals surface area (Å²) >= 11 is 0. The second-order valence-electron chi connectivity index (χ2n) is 3.32. The van der Waals surface area contributed by atoms with Crippen LogP contribution in [0.3, 0.4) is 0 Å². The first-order chi connectivity index (χ1) is 5.24. The third-order valence-corrected chi connectivity index (χ3v) is 2.35. The fourth-order valence-corrected chi connectivity index (χ4v) is 1.49. The van der Waals surface area contributed by atoms with Gasteiger partial charge < -0.3 is 5.73 Å². The number of likely N-dealkylation sites (tertiary alicyclic amines) is 1.